The van der Waals surface area contributed by atoms with Gasteiger partial charge in [-0.15, -0.1) is 0 Å². The molecule has 0 saturated carbocycles. The second-order valence-electron chi connectivity index (χ2n) is 4.60. The highest BCUT2D eigenvalue weighted by Crippen LogP contribution is 2.20. The maximum atomic E-state index is 10.7. The summed E-state index contributed by atoms with van der Waals surface area (Å²) in [4.78, 5) is 0. The van der Waals surface area contributed by atoms with Crippen molar-refractivity contribution >= 4 is 21.0 Å². The van der Waals surface area contributed by atoms with Gasteiger partial charge in [0, 0.05) is 0 Å². The third-order valence-corrected chi connectivity index (χ3v) is 3.02. The maximum absolute atomic E-state index is 10.7. The van der Waals surface area contributed by atoms with Crippen LogP contribution in [0.25, 0.3) is 0 Å². The summed E-state index contributed by atoms with van der Waals surface area (Å²) in [6.07, 6.45) is 4.60. The molecule has 0 aliphatic rings. The molecule has 0 bridgehead atoms. The lowest BCUT2D eigenvalue weighted by molar-refractivity contribution is -0.867. The molecule has 0 radical (unpaired) electrons. The Labute approximate surface area is 103 Å². The Morgan fingerprint density at radius 3 is 1.53 bits per heavy atom. The first-order chi connectivity index (χ1) is 7.17. The summed E-state index contributed by atoms with van der Waals surface area (Å²) in [6.45, 7) is 1.30. The van der Waals surface area contributed by atoms with Crippen LogP contribution in [-0.4, -0.2) is 68.9 Å². The predicted octanol–water partition coefficient (Wildman–Crippen LogP) is 0.622. The van der Waals surface area contributed by atoms with Crippen LogP contribution in [0.1, 0.15) is 0 Å². The van der Waals surface area contributed by atoms with E-state index in [4.69, 9.17) is 13.0 Å². The van der Waals surface area contributed by atoms with Gasteiger partial charge in [0.05, 0.1) is 33.7 Å². The van der Waals surface area contributed by atoms with Gasteiger partial charge >= 0.3 is 5.51 Å². The Kier molecular flexibility index (Phi) is 7.76. The molecule has 0 aromatic heterocycles. The van der Waals surface area contributed by atoms with Crippen molar-refractivity contribution in [3.63, 3.8) is 0 Å². The third-order valence-electron chi connectivity index (χ3n) is 1.45. The summed E-state index contributed by atoms with van der Waals surface area (Å²) in [5, 5.41) is 0. The van der Waals surface area contributed by atoms with Crippen LogP contribution in [-0.2, 0) is 21.0 Å². The second kappa shape index (κ2) is 6.81. The van der Waals surface area contributed by atoms with Crippen LogP contribution in [0, 0.1) is 0 Å². The molecule has 0 unspecified atom stereocenters. The van der Waals surface area contributed by atoms with Gasteiger partial charge in [0.15, 0.2) is 15.9 Å². The molecule has 106 valence electrons. The highest BCUT2D eigenvalue weighted by Gasteiger charge is 2.36. The van der Waals surface area contributed by atoms with E-state index in [1.54, 1.807) is 0 Å². The minimum atomic E-state index is -6.09. The van der Waals surface area contributed by atoms with Crippen molar-refractivity contribution in [2.24, 2.45) is 0 Å². The molecular weight excluding hydrogens is 279 g/mol. The van der Waals surface area contributed by atoms with Crippen LogP contribution in [0.4, 0.5) is 13.2 Å². The molecular formula is C8H19F3NO3S2+. The lowest BCUT2D eigenvalue weighted by Gasteiger charge is -2.22. The van der Waals surface area contributed by atoms with E-state index in [1.807, 2.05) is 0 Å². The van der Waals surface area contributed by atoms with Gasteiger partial charge in [0.1, 0.15) is 6.54 Å². The molecule has 0 saturated heterocycles. The Hall–Kier alpha value is 0.01000. The molecule has 17 heavy (non-hydrogen) atoms. The van der Waals surface area contributed by atoms with Crippen LogP contribution in [0.2, 0.25) is 0 Å². The van der Waals surface area contributed by atoms with Crippen LogP contribution < -0.4 is 0 Å². The number of halogens is 3. The lowest BCUT2D eigenvalue weighted by atomic mass is 10.6. The molecule has 0 fully saturated rings. The summed E-state index contributed by atoms with van der Waals surface area (Å²) in [5.74, 6) is 1.36. The van der Waals surface area contributed by atoms with E-state index < -0.39 is 15.6 Å². The van der Waals surface area contributed by atoms with Crippen molar-refractivity contribution in [1.82, 2.24) is 0 Å². The van der Waals surface area contributed by atoms with Crippen LogP contribution in [0.5, 0.6) is 0 Å². The Morgan fingerprint density at radius 1 is 1.18 bits per heavy atom. The number of nitrogens with zero attached hydrogens (tertiary/aromatic N) is 1. The first-order valence-corrected chi connectivity index (χ1v) is 8.15. The van der Waals surface area contributed by atoms with Gasteiger partial charge in [-0.2, -0.15) is 13.2 Å². The van der Waals surface area contributed by atoms with Crippen LogP contribution in [0.3, 0.4) is 0 Å². The smallest absolute Gasteiger partial charge is 0.485 e. The van der Waals surface area contributed by atoms with Crippen molar-refractivity contribution < 1.29 is 30.6 Å². The van der Waals surface area contributed by atoms with E-state index in [0.29, 0.717) is 10.9 Å². The predicted molar refractivity (Wildman–Crippen MR) is 62.7 cm³/mol. The van der Waals surface area contributed by atoms with E-state index in [1.165, 1.54) is 12.3 Å². The molecule has 0 heterocycles. The van der Waals surface area contributed by atoms with Crippen molar-refractivity contribution in [3.05, 3.63) is 0 Å². The van der Waals surface area contributed by atoms with Crippen molar-refractivity contribution in [2.75, 3.05) is 46.0 Å². The fraction of sp³-hybridized carbons (Fsp3) is 1.00. The summed E-state index contributed by atoms with van der Waals surface area (Å²) in [7, 11) is 1.26. The topological polar surface area (TPSA) is 57.2 Å². The standard InChI is InChI=1S/C7H19NS.CHF3O3S/c1-8(2,3)6-7-9(4)5;2-1(3,4)8(5,6)7/h6-7H2,1-5H3;(H,5,6,7)/q+2;/p-1. The fourth-order valence-corrected chi connectivity index (χ4v) is 1.37. The average Bonchev–Trinajstić information content (AvgIpc) is 1.96. The normalized spacial score (nSPS) is 13.3. The molecule has 0 atom stereocenters. The number of hydrogen-bond acceptors (Lipinski definition) is 3. The molecule has 0 aliphatic heterocycles. The average molecular weight is 298 g/mol. The molecule has 4 nitrogen and oxygen atoms in total. The van der Waals surface area contributed by atoms with E-state index in [-0.39, 0.29) is 0 Å². The van der Waals surface area contributed by atoms with Gasteiger partial charge in [-0.1, -0.05) is 0 Å². The molecule has 9 heteroatoms. The highest BCUT2D eigenvalue weighted by molar-refractivity contribution is 7.95. The number of hydrogen-bond donors (Lipinski definition) is 0. The van der Waals surface area contributed by atoms with E-state index in [9.17, 15) is 13.2 Å². The molecule has 0 aliphatic carbocycles. The van der Waals surface area contributed by atoms with Gasteiger partial charge < -0.3 is 9.04 Å². The summed E-state index contributed by atoms with van der Waals surface area (Å²) in [6, 6.07) is 0. The number of quaternary nitrogens is 1. The van der Waals surface area contributed by atoms with E-state index >= 15 is 0 Å². The van der Waals surface area contributed by atoms with Gasteiger partial charge in [0.2, 0.25) is 0 Å². The van der Waals surface area contributed by atoms with Crippen molar-refractivity contribution in [1.29, 1.82) is 0 Å². The van der Waals surface area contributed by atoms with Crippen LogP contribution >= 0.6 is 0 Å². The van der Waals surface area contributed by atoms with Crippen molar-refractivity contribution in [3.8, 4) is 0 Å². The zero-order chi connectivity index (χ0) is 14.5. The molecule has 0 aromatic carbocycles. The fourth-order valence-electron chi connectivity index (χ4n) is 0.456. The summed E-state index contributed by atoms with van der Waals surface area (Å²) >= 11 is 0. The Balaban J connectivity index is 0. The van der Waals surface area contributed by atoms with Crippen LogP contribution in [0.15, 0.2) is 0 Å². The molecule has 0 spiro atoms. The zero-order valence-corrected chi connectivity index (χ0v) is 12.2. The van der Waals surface area contributed by atoms with E-state index in [2.05, 4.69) is 33.7 Å². The monoisotopic (exact) mass is 298 g/mol. The highest BCUT2D eigenvalue weighted by atomic mass is 32.2. The number of rotatable bonds is 3. The molecule has 0 rings (SSSR count). The molecule has 0 aromatic rings. The Bertz CT molecular complexity index is 307. The summed E-state index contributed by atoms with van der Waals surface area (Å²) in [5.41, 5.74) is -5.65. The first-order valence-electron chi connectivity index (χ1n) is 4.53. The minimum Gasteiger partial charge on any atom is -0.741 e. The molecule has 0 amide bonds. The largest absolute Gasteiger partial charge is 0.741 e. The SMILES string of the molecule is C[S+](C)CC[N+](C)(C)C.O=S(=O)([O-])C(F)(F)F. The maximum Gasteiger partial charge on any atom is 0.485 e. The van der Waals surface area contributed by atoms with Gasteiger partial charge in [-0.05, 0) is 10.9 Å². The quantitative estimate of drug-likeness (QED) is 0.332. The Morgan fingerprint density at radius 2 is 1.47 bits per heavy atom. The second-order valence-corrected chi connectivity index (χ2v) is 8.35. The van der Waals surface area contributed by atoms with Crippen molar-refractivity contribution in [2.45, 2.75) is 5.51 Å². The molecule has 0 N–H and O–H groups in total. The van der Waals surface area contributed by atoms with Gasteiger partial charge in [-0.3, -0.25) is 0 Å². The lowest BCUT2D eigenvalue weighted by Crippen LogP contribution is -2.38. The summed E-state index contributed by atoms with van der Waals surface area (Å²) < 4.78 is 60.0. The first kappa shape index (κ1) is 19.4. The van der Waals surface area contributed by atoms with Gasteiger partial charge in [0.25, 0.3) is 0 Å². The minimum absolute atomic E-state index is 0.622. The zero-order valence-electron chi connectivity index (χ0n) is 10.5. The third kappa shape index (κ3) is 13.9. The number of alkyl halides is 3. The van der Waals surface area contributed by atoms with E-state index in [0.717, 1.165) is 4.48 Å². The van der Waals surface area contributed by atoms with Gasteiger partial charge in [-0.25, -0.2) is 8.42 Å².